The van der Waals surface area contributed by atoms with Crippen LogP contribution < -0.4 is 5.69 Å². The van der Waals surface area contributed by atoms with Gasteiger partial charge in [-0.1, -0.05) is 36.3 Å². The second-order valence-electron chi connectivity index (χ2n) is 7.88. The lowest BCUT2D eigenvalue weighted by atomic mass is 9.93. The van der Waals surface area contributed by atoms with Crippen molar-refractivity contribution in [1.29, 1.82) is 0 Å². The first kappa shape index (κ1) is 21.6. The van der Waals surface area contributed by atoms with Crippen LogP contribution in [-0.2, 0) is 25.5 Å². The molecule has 0 amide bonds. The van der Waals surface area contributed by atoms with Gasteiger partial charge in [-0.2, -0.15) is 4.68 Å². The molecule has 168 valence electrons. The van der Waals surface area contributed by atoms with E-state index < -0.39 is 5.82 Å². The maximum Gasteiger partial charge on any atom is 0.364 e. The zero-order chi connectivity index (χ0) is 23.0. The van der Waals surface area contributed by atoms with Gasteiger partial charge in [0.05, 0.1) is 11.1 Å². The van der Waals surface area contributed by atoms with Gasteiger partial charge in [-0.05, 0) is 43.0 Å². The van der Waals surface area contributed by atoms with E-state index in [9.17, 15) is 9.18 Å². The van der Waals surface area contributed by atoms with Crippen LogP contribution in [0.4, 0.5) is 4.39 Å². The lowest BCUT2D eigenvalue weighted by Gasteiger charge is -2.25. The molecule has 0 saturated heterocycles. The maximum absolute atomic E-state index is 13.4. The van der Waals surface area contributed by atoms with Crippen molar-refractivity contribution in [2.75, 3.05) is 0 Å². The smallest absolute Gasteiger partial charge is 0.364 e. The fourth-order valence-electron chi connectivity index (χ4n) is 3.78. The summed E-state index contributed by atoms with van der Waals surface area (Å²) in [6.07, 6.45) is 0.948. The third kappa shape index (κ3) is 3.63. The van der Waals surface area contributed by atoms with Gasteiger partial charge in [0.15, 0.2) is 5.58 Å². The molecule has 8 nitrogen and oxygen atoms in total. The number of aromatic nitrogens is 4. The monoisotopic (exact) mass is 439 g/mol. The van der Waals surface area contributed by atoms with Gasteiger partial charge in [-0.15, -0.1) is 0 Å². The number of hydrogen-bond donors (Lipinski definition) is 0. The number of halogens is 1. The topological polar surface area (TPSA) is 79.5 Å². The predicted molar refractivity (Wildman–Crippen MR) is 120 cm³/mol. The Kier molecular flexibility index (Phi) is 5.73. The molecule has 9 heteroatoms. The second-order valence-corrected chi connectivity index (χ2v) is 7.88. The van der Waals surface area contributed by atoms with Crippen molar-refractivity contribution in [3.05, 3.63) is 69.5 Å². The van der Waals surface area contributed by atoms with E-state index in [1.165, 1.54) is 16.8 Å². The average Bonchev–Trinajstić information content (AvgIpc) is 3.22. The summed E-state index contributed by atoms with van der Waals surface area (Å²) in [7, 11) is 3.54. The summed E-state index contributed by atoms with van der Waals surface area (Å²) >= 11 is 0. The molecule has 0 aliphatic heterocycles. The summed E-state index contributed by atoms with van der Waals surface area (Å²) in [6.45, 7) is 6.20. The van der Waals surface area contributed by atoms with E-state index in [4.69, 9.17) is 9.36 Å². The summed E-state index contributed by atoms with van der Waals surface area (Å²) in [4.78, 5) is 19.9. The van der Waals surface area contributed by atoms with Gasteiger partial charge in [0, 0.05) is 25.7 Å². The molecule has 0 N–H and O–H groups in total. The third-order valence-electron chi connectivity index (χ3n) is 5.93. The molecule has 0 fully saturated rings. The molecule has 2 aromatic carbocycles. The molecule has 32 heavy (non-hydrogen) atoms. The molecule has 4 rings (SSSR count). The van der Waals surface area contributed by atoms with Crippen LogP contribution >= 0.6 is 0 Å². The van der Waals surface area contributed by atoms with Crippen molar-refractivity contribution in [3.63, 3.8) is 0 Å². The van der Waals surface area contributed by atoms with Gasteiger partial charge in [0.25, 0.3) is 0 Å². The standard InChI is InChI=1S/C23H26FN5O3/c1-6-14(2)17-8-7-9-20(29-23(30)27(4)28(29)5)19(17)13-31-25-15(3)22-18-11-10-16(24)12-21(18)32-26-22/h7-12,14H,6,13H2,1-5H3/b25-15+. The van der Waals surface area contributed by atoms with Gasteiger partial charge in [-0.25, -0.2) is 18.7 Å². The summed E-state index contributed by atoms with van der Waals surface area (Å²) in [6, 6.07) is 10.2. The Hall–Kier alpha value is -3.62. The number of oxime groups is 1. The first-order valence-electron chi connectivity index (χ1n) is 10.5. The molecule has 4 aromatic rings. The van der Waals surface area contributed by atoms with E-state index in [1.54, 1.807) is 29.5 Å². The van der Waals surface area contributed by atoms with Crippen LogP contribution in [0.25, 0.3) is 16.7 Å². The van der Waals surface area contributed by atoms with Crippen LogP contribution in [0.15, 0.2) is 50.9 Å². The molecule has 0 bridgehead atoms. The van der Waals surface area contributed by atoms with Gasteiger partial charge < -0.3 is 9.36 Å². The SMILES string of the molecule is CCC(C)c1cccc(-n2c(=O)n(C)n2C)c1CO/N=C(\C)c1noc2cc(F)ccc12. The van der Waals surface area contributed by atoms with Crippen molar-refractivity contribution in [2.45, 2.75) is 39.7 Å². The molecule has 0 radical (unpaired) electrons. The molecule has 2 heterocycles. The fourth-order valence-corrected chi connectivity index (χ4v) is 3.78. The minimum absolute atomic E-state index is 0.115. The Labute approximate surface area is 184 Å². The number of benzene rings is 2. The molecule has 0 aliphatic rings. The highest BCUT2D eigenvalue weighted by Gasteiger charge is 2.20. The Balaban J connectivity index is 1.67. The summed E-state index contributed by atoms with van der Waals surface area (Å²) in [5, 5.41) is 8.89. The lowest BCUT2D eigenvalue weighted by molar-refractivity contribution is 0.129. The fraction of sp³-hybridized carbons (Fsp3) is 0.348. The number of fused-ring (bicyclic) bond motifs is 1. The summed E-state index contributed by atoms with van der Waals surface area (Å²) in [5.74, 6) is -0.108. The van der Waals surface area contributed by atoms with Crippen LogP contribution in [0.1, 0.15) is 49.9 Å². The predicted octanol–water partition coefficient (Wildman–Crippen LogP) is 4.25. The van der Waals surface area contributed by atoms with Crippen LogP contribution in [0.5, 0.6) is 0 Å². The molecular formula is C23H26FN5O3. The molecular weight excluding hydrogens is 413 g/mol. The first-order valence-corrected chi connectivity index (χ1v) is 10.5. The molecule has 0 spiro atoms. The van der Waals surface area contributed by atoms with Gasteiger partial charge in [0.2, 0.25) is 0 Å². The van der Waals surface area contributed by atoms with Gasteiger partial charge >= 0.3 is 5.69 Å². The van der Waals surface area contributed by atoms with Crippen molar-refractivity contribution in [3.8, 4) is 5.69 Å². The Morgan fingerprint density at radius 2 is 2.06 bits per heavy atom. The van der Waals surface area contributed by atoms with E-state index in [-0.39, 0.29) is 18.2 Å². The molecule has 0 saturated carbocycles. The minimum Gasteiger partial charge on any atom is -0.391 e. The third-order valence-corrected chi connectivity index (χ3v) is 5.93. The highest BCUT2D eigenvalue weighted by molar-refractivity contribution is 6.06. The van der Waals surface area contributed by atoms with Crippen LogP contribution in [-0.4, -0.2) is 25.0 Å². The summed E-state index contributed by atoms with van der Waals surface area (Å²) in [5.41, 5.74) is 4.02. The van der Waals surface area contributed by atoms with Crippen LogP contribution in [0.3, 0.4) is 0 Å². The first-order chi connectivity index (χ1) is 15.3. The van der Waals surface area contributed by atoms with Crippen molar-refractivity contribution >= 4 is 16.7 Å². The maximum atomic E-state index is 13.4. The minimum atomic E-state index is -0.392. The summed E-state index contributed by atoms with van der Waals surface area (Å²) < 4.78 is 21.8. The van der Waals surface area contributed by atoms with Gasteiger partial charge in [0.1, 0.15) is 23.8 Å². The quantitative estimate of drug-likeness (QED) is 0.319. The van der Waals surface area contributed by atoms with Crippen LogP contribution in [0, 0.1) is 5.82 Å². The van der Waals surface area contributed by atoms with Crippen LogP contribution in [0.2, 0.25) is 0 Å². The lowest BCUT2D eigenvalue weighted by Crippen LogP contribution is -2.47. The van der Waals surface area contributed by atoms with E-state index in [1.807, 2.05) is 19.2 Å². The zero-order valence-corrected chi connectivity index (χ0v) is 18.8. The molecule has 0 aliphatic carbocycles. The van der Waals surface area contributed by atoms with Crippen molar-refractivity contribution < 1.29 is 13.8 Å². The molecule has 2 aromatic heterocycles. The van der Waals surface area contributed by atoms with E-state index in [2.05, 4.69) is 30.2 Å². The number of nitrogens with zero attached hydrogens (tertiary/aromatic N) is 5. The molecule has 1 unspecified atom stereocenters. The normalized spacial score (nSPS) is 13.1. The van der Waals surface area contributed by atoms with E-state index >= 15 is 0 Å². The molecule has 1 atom stereocenters. The number of hydrogen-bond acceptors (Lipinski definition) is 5. The Morgan fingerprint density at radius 1 is 1.28 bits per heavy atom. The number of rotatable bonds is 7. The second kappa shape index (κ2) is 8.49. The Bertz CT molecular complexity index is 1360. The Morgan fingerprint density at radius 3 is 2.78 bits per heavy atom. The van der Waals surface area contributed by atoms with Gasteiger partial charge in [-0.3, -0.25) is 0 Å². The average molecular weight is 439 g/mol. The van der Waals surface area contributed by atoms with E-state index in [0.29, 0.717) is 22.4 Å². The highest BCUT2D eigenvalue weighted by Crippen LogP contribution is 2.28. The largest absolute Gasteiger partial charge is 0.391 e. The highest BCUT2D eigenvalue weighted by atomic mass is 19.1. The zero-order valence-electron chi connectivity index (χ0n) is 18.8. The van der Waals surface area contributed by atoms with Crippen molar-refractivity contribution in [1.82, 2.24) is 19.3 Å². The van der Waals surface area contributed by atoms with Crippen molar-refractivity contribution in [2.24, 2.45) is 19.3 Å². The van der Waals surface area contributed by atoms with E-state index in [0.717, 1.165) is 23.2 Å².